The van der Waals surface area contributed by atoms with E-state index in [1.807, 2.05) is 0 Å². The Labute approximate surface area is 119 Å². The topological polar surface area (TPSA) is 42.7 Å². The van der Waals surface area contributed by atoms with Crippen molar-refractivity contribution < 1.29 is 8.78 Å². The number of aromatic nitrogens is 3. The largest absolute Gasteiger partial charge is 0.310 e. The first kappa shape index (κ1) is 13.5. The van der Waals surface area contributed by atoms with Gasteiger partial charge in [-0.25, -0.2) is 18.4 Å². The highest BCUT2D eigenvalue weighted by Crippen LogP contribution is 2.31. The van der Waals surface area contributed by atoms with E-state index in [-0.39, 0.29) is 4.90 Å². The molecule has 1 aliphatic carbocycles. The van der Waals surface area contributed by atoms with Crippen molar-refractivity contribution in [2.45, 2.75) is 35.5 Å². The number of hydrogen-bond acceptors (Lipinski definition) is 4. The zero-order valence-corrected chi connectivity index (χ0v) is 11.8. The van der Waals surface area contributed by atoms with Gasteiger partial charge in [0.15, 0.2) is 5.16 Å². The summed E-state index contributed by atoms with van der Waals surface area (Å²) in [5.41, 5.74) is 0.620. The quantitative estimate of drug-likeness (QED) is 0.920. The van der Waals surface area contributed by atoms with Gasteiger partial charge < -0.3 is 5.32 Å². The third-order valence-electron chi connectivity index (χ3n) is 3.09. The molecule has 1 N–H and O–H groups in total. The first-order valence-electron chi connectivity index (χ1n) is 6.36. The van der Waals surface area contributed by atoms with E-state index in [2.05, 4.69) is 15.4 Å². The van der Waals surface area contributed by atoms with Crippen molar-refractivity contribution in [2.24, 2.45) is 7.05 Å². The molecule has 0 unspecified atom stereocenters. The molecule has 0 radical (unpaired) electrons. The SMILES string of the molecule is Cn1ncnc1Sc1c(F)cc(CNC2CC2)cc1F. The molecule has 2 aromatic rings. The maximum atomic E-state index is 14.0. The van der Waals surface area contributed by atoms with Gasteiger partial charge in [-0.3, -0.25) is 0 Å². The lowest BCUT2D eigenvalue weighted by Crippen LogP contribution is -2.15. The Bertz CT molecular complexity index is 602. The molecule has 0 amide bonds. The van der Waals surface area contributed by atoms with Gasteiger partial charge in [-0.1, -0.05) is 0 Å². The molecular formula is C13H14F2N4S. The van der Waals surface area contributed by atoms with Crippen LogP contribution < -0.4 is 5.32 Å². The number of nitrogens with zero attached hydrogens (tertiary/aromatic N) is 3. The van der Waals surface area contributed by atoms with E-state index in [1.165, 1.54) is 23.1 Å². The maximum Gasteiger partial charge on any atom is 0.190 e. The van der Waals surface area contributed by atoms with Crippen molar-refractivity contribution in [3.05, 3.63) is 35.7 Å². The van der Waals surface area contributed by atoms with Crippen LogP contribution in [0.3, 0.4) is 0 Å². The van der Waals surface area contributed by atoms with Gasteiger partial charge in [0.2, 0.25) is 0 Å². The standard InChI is InChI=1S/C13H14F2N4S/c1-19-13(17-7-18-19)20-12-10(14)4-8(5-11(12)15)6-16-9-2-3-9/h4-5,7,9,16H,2-3,6H2,1H3. The molecule has 0 saturated heterocycles. The molecule has 7 heteroatoms. The van der Waals surface area contributed by atoms with Crippen molar-refractivity contribution in [2.75, 3.05) is 0 Å². The third-order valence-corrected chi connectivity index (χ3v) is 4.24. The number of halogens is 2. The minimum absolute atomic E-state index is 0.0451. The summed E-state index contributed by atoms with van der Waals surface area (Å²) in [5.74, 6) is -1.13. The second kappa shape index (κ2) is 5.49. The maximum absolute atomic E-state index is 14.0. The van der Waals surface area contributed by atoms with Crippen molar-refractivity contribution >= 4 is 11.8 Å². The molecule has 1 aliphatic rings. The number of nitrogens with one attached hydrogen (secondary N) is 1. The Kier molecular flexibility index (Phi) is 3.71. The van der Waals surface area contributed by atoms with Gasteiger partial charge in [0, 0.05) is 19.6 Å². The van der Waals surface area contributed by atoms with Crippen LogP contribution >= 0.6 is 11.8 Å². The Balaban J connectivity index is 1.78. The lowest BCUT2D eigenvalue weighted by molar-refractivity contribution is 0.533. The highest BCUT2D eigenvalue weighted by molar-refractivity contribution is 7.99. The highest BCUT2D eigenvalue weighted by Gasteiger charge is 2.21. The molecule has 1 fully saturated rings. The molecule has 1 saturated carbocycles. The molecule has 106 valence electrons. The summed E-state index contributed by atoms with van der Waals surface area (Å²) >= 11 is 0.939. The van der Waals surface area contributed by atoms with Gasteiger partial charge >= 0.3 is 0 Å². The Morgan fingerprint density at radius 2 is 2.05 bits per heavy atom. The predicted molar refractivity (Wildman–Crippen MR) is 71.3 cm³/mol. The molecule has 1 aromatic heterocycles. The lowest BCUT2D eigenvalue weighted by atomic mass is 10.2. The van der Waals surface area contributed by atoms with E-state index in [4.69, 9.17) is 0 Å². The molecule has 4 nitrogen and oxygen atoms in total. The van der Waals surface area contributed by atoms with Crippen LogP contribution in [0.25, 0.3) is 0 Å². The monoisotopic (exact) mass is 296 g/mol. The minimum atomic E-state index is -0.564. The third kappa shape index (κ3) is 2.99. The van der Waals surface area contributed by atoms with Crippen molar-refractivity contribution in [1.29, 1.82) is 0 Å². The van der Waals surface area contributed by atoms with Gasteiger partial charge in [0.1, 0.15) is 18.0 Å². The van der Waals surface area contributed by atoms with Crippen LogP contribution in [0.2, 0.25) is 0 Å². The van der Waals surface area contributed by atoms with E-state index in [1.54, 1.807) is 7.05 Å². The van der Waals surface area contributed by atoms with Crippen LogP contribution in [0.1, 0.15) is 18.4 Å². The Morgan fingerprint density at radius 1 is 1.35 bits per heavy atom. The molecule has 1 aromatic carbocycles. The summed E-state index contributed by atoms with van der Waals surface area (Å²) in [7, 11) is 1.68. The smallest absolute Gasteiger partial charge is 0.190 e. The first-order valence-corrected chi connectivity index (χ1v) is 7.18. The molecule has 0 aliphatic heterocycles. The summed E-state index contributed by atoms with van der Waals surface area (Å²) < 4.78 is 29.5. The first-order chi connectivity index (χ1) is 9.63. The van der Waals surface area contributed by atoms with Gasteiger partial charge in [0.25, 0.3) is 0 Å². The minimum Gasteiger partial charge on any atom is -0.310 e. The average molecular weight is 296 g/mol. The van der Waals surface area contributed by atoms with Crippen LogP contribution in [-0.2, 0) is 13.6 Å². The van der Waals surface area contributed by atoms with E-state index in [0.717, 1.165) is 24.6 Å². The van der Waals surface area contributed by atoms with Crippen LogP contribution in [0.15, 0.2) is 28.5 Å². The van der Waals surface area contributed by atoms with Crippen LogP contribution in [0.5, 0.6) is 0 Å². The molecule has 20 heavy (non-hydrogen) atoms. The van der Waals surface area contributed by atoms with Crippen LogP contribution in [0.4, 0.5) is 8.78 Å². The summed E-state index contributed by atoms with van der Waals surface area (Å²) in [6.45, 7) is 0.493. The molecule has 3 rings (SSSR count). The van der Waals surface area contributed by atoms with Gasteiger partial charge in [-0.2, -0.15) is 5.10 Å². The zero-order valence-electron chi connectivity index (χ0n) is 10.9. The van der Waals surface area contributed by atoms with Gasteiger partial charge in [0.05, 0.1) is 4.90 Å². The van der Waals surface area contributed by atoms with Crippen LogP contribution in [0, 0.1) is 11.6 Å². The van der Waals surface area contributed by atoms with E-state index >= 15 is 0 Å². The molecule has 0 bridgehead atoms. The fourth-order valence-corrected chi connectivity index (χ4v) is 2.61. The predicted octanol–water partition coefficient (Wildman–Crippen LogP) is 2.50. The molecule has 0 spiro atoms. The molecular weight excluding hydrogens is 282 g/mol. The number of rotatable bonds is 5. The fraction of sp³-hybridized carbons (Fsp3) is 0.385. The van der Waals surface area contributed by atoms with Crippen LogP contribution in [-0.4, -0.2) is 20.8 Å². The normalized spacial score (nSPS) is 14.8. The lowest BCUT2D eigenvalue weighted by Gasteiger charge is -2.08. The summed E-state index contributed by atoms with van der Waals surface area (Å²) in [6.07, 6.45) is 3.64. The van der Waals surface area contributed by atoms with Crippen molar-refractivity contribution in [3.63, 3.8) is 0 Å². The summed E-state index contributed by atoms with van der Waals surface area (Å²) in [6, 6.07) is 3.25. The van der Waals surface area contributed by atoms with Crippen molar-refractivity contribution in [1.82, 2.24) is 20.1 Å². The second-order valence-corrected chi connectivity index (χ2v) is 5.79. The van der Waals surface area contributed by atoms with Gasteiger partial charge in [-0.05, 0) is 42.3 Å². The fourth-order valence-electron chi connectivity index (χ4n) is 1.83. The van der Waals surface area contributed by atoms with Crippen molar-refractivity contribution in [3.8, 4) is 0 Å². The zero-order chi connectivity index (χ0) is 14.1. The summed E-state index contributed by atoms with van der Waals surface area (Å²) in [4.78, 5) is 3.91. The molecule has 0 atom stereocenters. The summed E-state index contributed by atoms with van der Waals surface area (Å²) in [5, 5.41) is 7.56. The van der Waals surface area contributed by atoms with Gasteiger partial charge in [-0.15, -0.1) is 0 Å². The van der Waals surface area contributed by atoms with E-state index < -0.39 is 11.6 Å². The Morgan fingerprint density at radius 3 is 2.60 bits per heavy atom. The second-order valence-electron chi connectivity index (χ2n) is 4.81. The Hall–Kier alpha value is -1.47. The highest BCUT2D eigenvalue weighted by atomic mass is 32.2. The number of aryl methyl sites for hydroxylation is 1. The molecule has 1 heterocycles. The van der Waals surface area contributed by atoms with E-state index in [0.29, 0.717) is 23.3 Å². The number of hydrogen-bond donors (Lipinski definition) is 1. The van der Waals surface area contributed by atoms with E-state index in [9.17, 15) is 8.78 Å². The number of benzene rings is 1. The average Bonchev–Trinajstić information content (AvgIpc) is 3.15.